The molecular formula is C82H113N17O21S5. The van der Waals surface area contributed by atoms with Crippen molar-refractivity contribution in [3.8, 4) is 28.7 Å². The molecule has 0 aliphatic carbocycles. The molecule has 5 aromatic rings. The molecule has 9 aliphatic rings. The number of amidine groups is 5. The van der Waals surface area contributed by atoms with Crippen molar-refractivity contribution in [3.63, 3.8) is 0 Å². The summed E-state index contributed by atoms with van der Waals surface area (Å²) >= 11 is 0. The third-order valence-electron chi connectivity index (χ3n) is 21.2. The van der Waals surface area contributed by atoms with E-state index in [0.717, 1.165) is 64.5 Å². The second-order valence-electron chi connectivity index (χ2n) is 33.1. The number of hydrogen-bond donors (Lipinski definition) is 8. The molecule has 9 heterocycles. The quantitative estimate of drug-likeness (QED) is 0.0456. The number of methoxy groups -OCH3 is 1. The first kappa shape index (κ1) is 96.3. The van der Waals surface area contributed by atoms with Crippen molar-refractivity contribution in [1.29, 1.82) is 0 Å². The Hall–Kier alpha value is -10.9. The van der Waals surface area contributed by atoms with Crippen molar-refractivity contribution in [3.05, 3.63) is 147 Å². The van der Waals surface area contributed by atoms with E-state index in [1.807, 2.05) is 46.4 Å². The minimum Gasteiger partial charge on any atom is -0.492 e. The van der Waals surface area contributed by atoms with Gasteiger partial charge in [-0.05, 0) is 158 Å². The molecule has 0 saturated carbocycles. The summed E-state index contributed by atoms with van der Waals surface area (Å²) in [5.41, 5.74) is 33.5. The summed E-state index contributed by atoms with van der Waals surface area (Å²) in [6, 6.07) is 25.7. The SMILES string of the molecule is CC(=O)N1CCC[C@H]1COc1cccc2c1C(N)=NS(=O)(=O)C2.CC(C)(C)NC(=O)N1CCC[C@@H]1COc1cccc2c1C(N)=NS(=O)(=O)C2.CC(C)NC(=O)N1CCC[C@@H]1COc1cccc2c1C(N)=NS(=O)(=O)C2.CCC(=O)N1CCC[C@H]1COc1cccc2c1C(N)=NS(=O)(=O)C2.COCCNC(=O)C(C)(C)COc1cccc2c1C(N)=NS(=O)(=O)C2. The van der Waals surface area contributed by atoms with E-state index >= 15 is 0 Å². The van der Waals surface area contributed by atoms with Crippen LogP contribution < -0.4 is 68.3 Å². The third-order valence-corrected chi connectivity index (χ3v) is 26.9. The zero-order chi connectivity index (χ0) is 91.3. The Morgan fingerprint density at radius 2 is 0.728 bits per heavy atom. The van der Waals surface area contributed by atoms with Crippen molar-refractivity contribution < 1.29 is 94.5 Å². The third kappa shape index (κ3) is 25.7. The molecule has 4 atom stereocenters. The predicted molar refractivity (Wildman–Crippen MR) is 472 cm³/mol. The minimum absolute atomic E-state index is 0.0323. The van der Waals surface area contributed by atoms with Crippen LogP contribution in [0.25, 0.3) is 0 Å². The fraction of sp³-hybridized carbons (Fsp3) is 0.512. The first-order valence-corrected chi connectivity index (χ1v) is 49.0. The summed E-state index contributed by atoms with van der Waals surface area (Å²) in [5, 5.41) is 8.66. The number of nitrogens with two attached hydrogens (primary N) is 5. The van der Waals surface area contributed by atoms with Gasteiger partial charge in [-0.1, -0.05) is 67.6 Å². The van der Waals surface area contributed by atoms with Crippen LogP contribution in [0.5, 0.6) is 28.7 Å². The Balaban J connectivity index is 0.000000163. The Bertz CT molecular complexity index is 5640. The van der Waals surface area contributed by atoms with Gasteiger partial charge < -0.3 is 92.6 Å². The maximum absolute atomic E-state index is 12.5. The van der Waals surface area contributed by atoms with E-state index in [4.69, 9.17) is 57.1 Å². The van der Waals surface area contributed by atoms with Crippen LogP contribution in [0.3, 0.4) is 0 Å². The lowest BCUT2D eigenvalue weighted by Crippen LogP contribution is -2.51. The van der Waals surface area contributed by atoms with E-state index < -0.39 is 55.5 Å². The van der Waals surface area contributed by atoms with Gasteiger partial charge in [0.25, 0.3) is 50.1 Å². The van der Waals surface area contributed by atoms with Gasteiger partial charge in [-0.25, -0.2) is 51.7 Å². The van der Waals surface area contributed by atoms with Crippen LogP contribution in [0, 0.1) is 5.41 Å². The molecule has 4 fully saturated rings. The van der Waals surface area contributed by atoms with Gasteiger partial charge in [0.05, 0.1) is 92.8 Å². The van der Waals surface area contributed by atoms with Crippen molar-refractivity contribution in [1.82, 2.24) is 35.6 Å². The average molecular weight is 1830 g/mol. The monoisotopic (exact) mass is 1830 g/mol. The molecule has 14 rings (SSSR count). The number of nitrogens with one attached hydrogen (secondary N) is 3. The molecule has 43 heteroatoms. The summed E-state index contributed by atoms with van der Waals surface area (Å²) in [7, 11) is -16.3. The topological polar surface area (TPSA) is 552 Å². The highest BCUT2D eigenvalue weighted by Gasteiger charge is 2.38. The predicted octanol–water partition coefficient (Wildman–Crippen LogP) is 4.83. The van der Waals surface area contributed by atoms with Crippen molar-refractivity contribution in [2.45, 2.75) is 185 Å². The number of carbonyl (C=O) groups is 5. The van der Waals surface area contributed by atoms with Gasteiger partial charge in [0.2, 0.25) is 17.7 Å². The highest BCUT2D eigenvalue weighted by molar-refractivity contribution is 7.90. The number of likely N-dealkylation sites (tertiary alicyclic amines) is 4. The number of rotatable bonds is 21. The molecule has 4 saturated heterocycles. The Labute approximate surface area is 730 Å². The number of benzene rings is 5. The molecule has 0 unspecified atom stereocenters. The van der Waals surface area contributed by atoms with Gasteiger partial charge in [-0.15, -0.1) is 22.0 Å². The zero-order valence-electron chi connectivity index (χ0n) is 71.8. The van der Waals surface area contributed by atoms with Crippen LogP contribution in [-0.4, -0.2) is 236 Å². The van der Waals surface area contributed by atoms with Crippen LogP contribution in [-0.2, 0) is 98.0 Å². The number of carbonyl (C=O) groups excluding carboxylic acids is 5. The highest BCUT2D eigenvalue weighted by Crippen LogP contribution is 2.36. The van der Waals surface area contributed by atoms with Crippen molar-refractivity contribution >= 4 is 109 Å². The first-order chi connectivity index (χ1) is 58.8. The number of hydrogen-bond acceptors (Lipinski definition) is 26. The second kappa shape index (κ2) is 40.6. The summed E-state index contributed by atoms with van der Waals surface area (Å²) in [5.74, 6) is 1.17. The van der Waals surface area contributed by atoms with Crippen molar-refractivity contribution in [2.24, 2.45) is 56.1 Å². The van der Waals surface area contributed by atoms with E-state index in [1.165, 1.54) is 0 Å². The molecule has 38 nitrogen and oxygen atoms in total. The van der Waals surface area contributed by atoms with Gasteiger partial charge in [-0.2, -0.15) is 0 Å². The van der Waals surface area contributed by atoms with E-state index in [9.17, 15) is 66.1 Å². The zero-order valence-corrected chi connectivity index (χ0v) is 75.8. The van der Waals surface area contributed by atoms with Gasteiger partial charge >= 0.3 is 12.1 Å². The molecule has 9 aliphatic heterocycles. The fourth-order valence-corrected chi connectivity index (χ4v) is 20.9. The molecular weight excluding hydrogens is 1720 g/mol. The number of fused-ring (bicyclic) bond motifs is 5. The van der Waals surface area contributed by atoms with Crippen LogP contribution in [0.2, 0.25) is 0 Å². The Morgan fingerprint density at radius 3 is 1.02 bits per heavy atom. The molecule has 0 spiro atoms. The molecule has 5 aromatic carbocycles. The van der Waals surface area contributed by atoms with E-state index in [0.29, 0.717) is 143 Å². The molecule has 682 valence electrons. The van der Waals surface area contributed by atoms with Crippen LogP contribution in [0.15, 0.2) is 113 Å². The normalized spacial score (nSPS) is 20.6. The lowest BCUT2D eigenvalue weighted by atomic mass is 9.93. The smallest absolute Gasteiger partial charge is 0.318 e. The summed E-state index contributed by atoms with van der Waals surface area (Å²) in [4.78, 5) is 67.8. The van der Waals surface area contributed by atoms with E-state index in [-0.39, 0.29) is 130 Å². The maximum atomic E-state index is 12.5. The van der Waals surface area contributed by atoms with Gasteiger partial charge in [-0.3, -0.25) is 14.4 Å². The molecule has 0 bridgehead atoms. The number of sulfonamides is 5. The van der Waals surface area contributed by atoms with Crippen LogP contribution >= 0.6 is 0 Å². The first-order valence-electron chi connectivity index (χ1n) is 40.9. The number of ether oxygens (including phenoxy) is 6. The summed E-state index contributed by atoms with van der Waals surface area (Å²) in [6.07, 6.45) is 7.76. The fourth-order valence-electron chi connectivity index (χ4n) is 15.5. The van der Waals surface area contributed by atoms with Crippen LogP contribution in [0.1, 0.15) is 176 Å². The second-order valence-corrected chi connectivity index (χ2v) is 41.3. The highest BCUT2D eigenvalue weighted by atomic mass is 32.2. The molecule has 0 radical (unpaired) electrons. The van der Waals surface area contributed by atoms with Crippen molar-refractivity contribution in [2.75, 3.05) is 79.5 Å². The summed E-state index contributed by atoms with van der Waals surface area (Å²) in [6.45, 7) is 21.8. The lowest BCUT2D eigenvalue weighted by molar-refractivity contribution is -0.132. The molecule has 125 heavy (non-hydrogen) atoms. The van der Waals surface area contributed by atoms with E-state index in [1.54, 1.807) is 134 Å². The van der Waals surface area contributed by atoms with Gasteiger partial charge in [0, 0.05) is 64.8 Å². The Morgan fingerprint density at radius 1 is 0.440 bits per heavy atom. The number of nitrogens with zero attached hydrogens (tertiary/aromatic N) is 9. The van der Waals surface area contributed by atoms with Gasteiger partial charge in [0.15, 0.2) is 0 Å². The molecule has 0 aromatic heterocycles. The molecule has 13 N–H and O–H groups in total. The summed E-state index contributed by atoms with van der Waals surface area (Å²) < 4.78 is 169. The lowest BCUT2D eigenvalue weighted by Gasteiger charge is -2.30. The number of urea groups is 2. The maximum Gasteiger partial charge on any atom is 0.318 e. The van der Waals surface area contributed by atoms with E-state index in [2.05, 4.69) is 37.9 Å². The minimum atomic E-state index is -3.60. The van der Waals surface area contributed by atoms with Gasteiger partial charge in [0.1, 0.15) is 91.0 Å². The van der Waals surface area contributed by atoms with Crippen LogP contribution in [0.4, 0.5) is 9.59 Å². The number of amides is 7. The largest absolute Gasteiger partial charge is 0.492 e. The average Bonchev–Trinajstić information content (AvgIpc) is 1.50. The molecule has 7 amide bonds. The standard InChI is InChI=1S/C18H26N4O4S.C17H24N4O4S.C16H23N3O5S.C16H21N3O4S.C15H19N3O4S/c1-18(2,3)20-17(23)22-9-5-7-13(22)10-26-14-8-4-6-12-11-27(24,25)21-16(19)15(12)14;1-11(2)19-17(22)21-8-4-6-13(21)9-25-14-7-3-5-12-10-26(23,24)20-16(18)15(12)14;1-16(2,15(20)18-7-8-23-3)10-24-12-6-4-5-11-9-25(21,22)19-14(17)13(11)12;1-2-14(20)19-8-4-6-12(19)9-23-13-7-3-5-11-10-24(21,22)18-16(17)15(11)13;1-10(19)18-7-3-5-12(18)8-22-13-6-2-4-11-9-23(20,21)17-15(16)14(11)13/h4,6,8,13H,5,7,9-11H2,1-3H3,(H2,19,21)(H,20,23);3,5,7,11,13H,4,6,8-10H2,1-2H3,(H2,18,20)(H,19,22);4-6H,7-10H2,1-3H3,(H2,17,19)(H,18,20);3,5,7,12H,2,4,6,8-10H2,1H3,(H2,17,18);2,4,6,12H,3,5,7-9H2,1H3,(H2,16,17)/t2*13-;;2*12-/m11.00/s1. The Kier molecular flexibility index (Phi) is 31.3.